The van der Waals surface area contributed by atoms with Crippen molar-refractivity contribution in [1.82, 2.24) is 15.1 Å². The molecule has 8 nitrogen and oxygen atoms in total. The Hall–Kier alpha value is -3.36. The van der Waals surface area contributed by atoms with Crippen molar-refractivity contribution in [3.63, 3.8) is 0 Å². The average molecular weight is 493 g/mol. The van der Waals surface area contributed by atoms with Crippen LogP contribution < -0.4 is 21.4 Å². The van der Waals surface area contributed by atoms with Gasteiger partial charge in [-0.2, -0.15) is 0 Å². The lowest BCUT2D eigenvalue weighted by Gasteiger charge is -2.28. The minimum Gasteiger partial charge on any atom is -0.422 e. The van der Waals surface area contributed by atoms with E-state index in [-0.39, 0.29) is 5.63 Å². The summed E-state index contributed by atoms with van der Waals surface area (Å²) >= 11 is 0. The molecule has 3 aromatic rings. The summed E-state index contributed by atoms with van der Waals surface area (Å²) in [6.07, 6.45) is 1.60. The molecule has 0 bridgehead atoms. The van der Waals surface area contributed by atoms with Crippen molar-refractivity contribution in [3.05, 3.63) is 68.6 Å². The second kappa shape index (κ2) is 11.1. The molecule has 192 valence electrons. The molecular formula is C28H36N4O4. The Kier molecular flexibility index (Phi) is 7.96. The first-order chi connectivity index (χ1) is 17.3. The molecule has 36 heavy (non-hydrogen) atoms. The second-order valence-corrected chi connectivity index (χ2v) is 9.65. The first kappa shape index (κ1) is 25.7. The minimum atomic E-state index is -0.469. The molecule has 2 aromatic carbocycles. The first-order valence-electron chi connectivity index (χ1n) is 12.6. The number of fused-ring (bicyclic) bond motifs is 1. The number of nitrogens with two attached hydrogens (primary N) is 1. The van der Waals surface area contributed by atoms with Gasteiger partial charge in [-0.1, -0.05) is 25.5 Å². The Morgan fingerprint density at radius 2 is 1.92 bits per heavy atom. The molecule has 0 atom stereocenters. The van der Waals surface area contributed by atoms with Crippen LogP contribution in [0.5, 0.6) is 5.75 Å². The molecule has 1 aromatic heterocycles. The maximum absolute atomic E-state index is 13.4. The number of nitrogens with zero attached hydrogens (tertiary/aromatic N) is 2. The fourth-order valence-electron chi connectivity index (χ4n) is 4.66. The number of aryl methyl sites for hydroxylation is 1. The normalized spacial score (nSPS) is 14.2. The molecule has 0 unspecified atom stereocenters. The molecule has 0 spiro atoms. The van der Waals surface area contributed by atoms with E-state index in [9.17, 15) is 9.59 Å². The number of anilines is 1. The second-order valence-electron chi connectivity index (χ2n) is 9.65. The fourth-order valence-corrected chi connectivity index (χ4v) is 4.66. The lowest BCUT2D eigenvalue weighted by Crippen LogP contribution is -2.43. The van der Waals surface area contributed by atoms with E-state index in [4.69, 9.17) is 14.9 Å². The number of amides is 1. The van der Waals surface area contributed by atoms with Crippen LogP contribution in [0.25, 0.3) is 11.0 Å². The number of benzene rings is 2. The van der Waals surface area contributed by atoms with Crippen molar-refractivity contribution in [2.75, 3.05) is 46.0 Å². The van der Waals surface area contributed by atoms with E-state index >= 15 is 0 Å². The van der Waals surface area contributed by atoms with Crippen LogP contribution in [-0.4, -0.2) is 56.2 Å². The molecule has 1 saturated heterocycles. The standard InChI is InChI=1S/C28H36N4O4/c1-5-7-20-15-21-23(17-32-12-10-30-11-13-32)22(14-19-8-6-9-24(29)18(19)2)27(33)35-26(21)16-25(20)36-28(34)31(3)4/h6,8-9,15-16,30H,5,7,10-14,17,29H2,1-4H3. The number of hydrogen-bond acceptors (Lipinski definition) is 7. The zero-order valence-corrected chi connectivity index (χ0v) is 21.6. The lowest BCUT2D eigenvalue weighted by atomic mass is 9.94. The summed E-state index contributed by atoms with van der Waals surface area (Å²) in [5, 5.41) is 4.28. The summed E-state index contributed by atoms with van der Waals surface area (Å²) in [5.74, 6) is 0.429. The summed E-state index contributed by atoms with van der Waals surface area (Å²) in [6.45, 7) is 8.33. The SMILES string of the molecule is CCCc1cc2c(CN3CCNCC3)c(Cc3cccc(N)c3C)c(=O)oc2cc1OC(=O)N(C)C. The fraction of sp³-hybridized carbons (Fsp3) is 0.429. The molecule has 1 aliphatic rings. The van der Waals surface area contributed by atoms with Crippen molar-refractivity contribution in [1.29, 1.82) is 0 Å². The van der Waals surface area contributed by atoms with Gasteiger partial charge in [0.25, 0.3) is 0 Å². The number of rotatable bonds is 7. The highest BCUT2D eigenvalue weighted by Gasteiger charge is 2.22. The molecule has 1 fully saturated rings. The van der Waals surface area contributed by atoms with Gasteiger partial charge in [0.1, 0.15) is 11.3 Å². The van der Waals surface area contributed by atoms with Gasteiger partial charge in [-0.3, -0.25) is 4.90 Å². The van der Waals surface area contributed by atoms with Crippen LogP contribution in [0.15, 0.2) is 39.5 Å². The molecular weight excluding hydrogens is 456 g/mol. The number of hydrogen-bond donors (Lipinski definition) is 2. The average Bonchev–Trinajstić information content (AvgIpc) is 2.85. The number of piperazine rings is 1. The van der Waals surface area contributed by atoms with Gasteiger partial charge < -0.3 is 25.1 Å². The zero-order chi connectivity index (χ0) is 25.8. The summed E-state index contributed by atoms with van der Waals surface area (Å²) in [4.78, 5) is 29.4. The molecule has 3 N–H and O–H groups in total. The van der Waals surface area contributed by atoms with Crippen LogP contribution in [0.2, 0.25) is 0 Å². The van der Waals surface area contributed by atoms with Crippen LogP contribution in [0.1, 0.15) is 41.2 Å². The van der Waals surface area contributed by atoms with Crippen LogP contribution in [0.3, 0.4) is 0 Å². The molecule has 1 aliphatic heterocycles. The van der Waals surface area contributed by atoms with E-state index in [1.165, 1.54) is 4.90 Å². The Morgan fingerprint density at radius 3 is 2.61 bits per heavy atom. The van der Waals surface area contributed by atoms with E-state index in [2.05, 4.69) is 17.1 Å². The van der Waals surface area contributed by atoms with Gasteiger partial charge in [0, 0.05) is 75.9 Å². The van der Waals surface area contributed by atoms with Crippen LogP contribution in [-0.2, 0) is 19.4 Å². The van der Waals surface area contributed by atoms with E-state index in [1.54, 1.807) is 20.2 Å². The maximum atomic E-state index is 13.4. The van der Waals surface area contributed by atoms with E-state index in [0.717, 1.165) is 66.7 Å². The minimum absolute atomic E-state index is 0.373. The number of nitrogens with one attached hydrogen (secondary N) is 1. The Balaban J connectivity index is 1.89. The smallest absolute Gasteiger partial charge is 0.414 e. The third-order valence-corrected chi connectivity index (χ3v) is 6.83. The zero-order valence-electron chi connectivity index (χ0n) is 21.6. The van der Waals surface area contributed by atoms with Gasteiger partial charge >= 0.3 is 11.7 Å². The highest BCUT2D eigenvalue weighted by molar-refractivity contribution is 5.85. The van der Waals surface area contributed by atoms with Gasteiger partial charge in [-0.05, 0) is 47.7 Å². The number of carbonyl (C=O) groups is 1. The van der Waals surface area contributed by atoms with Crippen LogP contribution in [0.4, 0.5) is 10.5 Å². The van der Waals surface area contributed by atoms with Crippen molar-refractivity contribution < 1.29 is 13.9 Å². The van der Waals surface area contributed by atoms with Crippen molar-refractivity contribution in [2.45, 2.75) is 39.7 Å². The van der Waals surface area contributed by atoms with E-state index in [0.29, 0.717) is 35.5 Å². The number of nitrogen functional groups attached to an aromatic ring is 1. The largest absolute Gasteiger partial charge is 0.422 e. The van der Waals surface area contributed by atoms with Gasteiger partial charge in [0.2, 0.25) is 0 Å². The van der Waals surface area contributed by atoms with Gasteiger partial charge in [0.15, 0.2) is 0 Å². The van der Waals surface area contributed by atoms with Crippen LogP contribution in [0, 0.1) is 6.92 Å². The van der Waals surface area contributed by atoms with Crippen molar-refractivity contribution >= 4 is 22.7 Å². The summed E-state index contributed by atoms with van der Waals surface area (Å²) in [6, 6.07) is 9.53. The Labute approximate surface area is 212 Å². The Morgan fingerprint density at radius 1 is 1.17 bits per heavy atom. The van der Waals surface area contributed by atoms with Crippen LogP contribution >= 0.6 is 0 Å². The predicted octanol–water partition coefficient (Wildman–Crippen LogP) is 3.69. The molecule has 4 rings (SSSR count). The lowest BCUT2D eigenvalue weighted by molar-refractivity contribution is 0.171. The van der Waals surface area contributed by atoms with Crippen molar-refractivity contribution in [2.24, 2.45) is 0 Å². The first-order valence-corrected chi connectivity index (χ1v) is 12.6. The van der Waals surface area contributed by atoms with E-state index < -0.39 is 6.09 Å². The summed E-state index contributed by atoms with van der Waals surface area (Å²) in [7, 11) is 3.28. The van der Waals surface area contributed by atoms with E-state index in [1.807, 2.05) is 31.2 Å². The highest BCUT2D eigenvalue weighted by Crippen LogP contribution is 2.32. The van der Waals surface area contributed by atoms with Gasteiger partial charge in [0.05, 0.1) is 0 Å². The molecule has 0 aliphatic carbocycles. The number of carbonyl (C=O) groups excluding carboxylic acids is 1. The molecule has 0 radical (unpaired) electrons. The maximum Gasteiger partial charge on any atom is 0.414 e. The summed E-state index contributed by atoms with van der Waals surface area (Å²) < 4.78 is 11.5. The van der Waals surface area contributed by atoms with Gasteiger partial charge in [-0.15, -0.1) is 0 Å². The molecule has 2 heterocycles. The monoisotopic (exact) mass is 492 g/mol. The molecule has 0 saturated carbocycles. The number of ether oxygens (including phenoxy) is 1. The quantitative estimate of drug-likeness (QED) is 0.383. The van der Waals surface area contributed by atoms with Gasteiger partial charge in [-0.25, -0.2) is 9.59 Å². The third kappa shape index (κ3) is 5.55. The van der Waals surface area contributed by atoms with Crippen molar-refractivity contribution in [3.8, 4) is 5.75 Å². The topological polar surface area (TPSA) is 101 Å². The molecule has 8 heteroatoms. The summed E-state index contributed by atoms with van der Waals surface area (Å²) in [5.41, 5.74) is 11.4. The Bertz CT molecular complexity index is 1310. The highest BCUT2D eigenvalue weighted by atomic mass is 16.6. The predicted molar refractivity (Wildman–Crippen MR) is 143 cm³/mol. The third-order valence-electron chi connectivity index (χ3n) is 6.83. The molecule has 1 amide bonds.